The van der Waals surface area contributed by atoms with Gasteiger partial charge in [-0.15, -0.1) is 0 Å². The fourth-order valence-corrected chi connectivity index (χ4v) is 4.13. The van der Waals surface area contributed by atoms with Gasteiger partial charge in [0.15, 0.2) is 0 Å². The topological polar surface area (TPSA) is 26.3 Å². The molecule has 3 heteroatoms. The Morgan fingerprint density at radius 1 is 1.21 bits per heavy atom. The molecule has 0 aromatic rings. The first-order valence-electron chi connectivity index (χ1n) is 5.31. The van der Waals surface area contributed by atoms with Gasteiger partial charge in [0.1, 0.15) is 0 Å². The molecule has 2 bridgehead atoms. The zero-order valence-corrected chi connectivity index (χ0v) is 10.8. The molecule has 3 rings (SSSR count). The van der Waals surface area contributed by atoms with Crippen molar-refractivity contribution < 1.29 is 9.53 Å². The van der Waals surface area contributed by atoms with E-state index in [-0.39, 0.29) is 11.4 Å². The summed E-state index contributed by atoms with van der Waals surface area (Å²) in [4.78, 5) is 11.7. The van der Waals surface area contributed by atoms with Crippen LogP contribution in [0.15, 0.2) is 0 Å². The minimum atomic E-state index is -0.0949. The first kappa shape index (κ1) is 10.7. The minimum Gasteiger partial charge on any atom is -0.469 e. The molecule has 3 fully saturated rings. The Hall–Kier alpha value is 0.200. The summed E-state index contributed by atoms with van der Waals surface area (Å²) < 4.78 is 6.19. The van der Waals surface area contributed by atoms with Crippen molar-refractivity contribution in [2.75, 3.05) is 11.5 Å². The highest BCUT2D eigenvalue weighted by Crippen LogP contribution is 2.57. The second-order valence-corrected chi connectivity index (χ2v) is 5.67. The lowest BCUT2D eigenvalue weighted by Gasteiger charge is -2.51. The number of hydrogen-bond acceptors (Lipinski definition) is 2. The summed E-state index contributed by atoms with van der Waals surface area (Å²) in [6, 6.07) is 0. The molecule has 14 heavy (non-hydrogen) atoms. The second-order valence-electron chi connectivity index (χ2n) is 4.91. The standard InChI is InChI=1S/C11H17IO2/c1-14-9(13)11-5-2-10(8-12,3-6-11)4-7-11/h2-8H2,1H3. The van der Waals surface area contributed by atoms with E-state index < -0.39 is 0 Å². The van der Waals surface area contributed by atoms with E-state index in [0.29, 0.717) is 5.41 Å². The summed E-state index contributed by atoms with van der Waals surface area (Å²) in [5.41, 5.74) is 0.471. The Bertz CT molecular complexity index is 225. The lowest BCUT2D eigenvalue weighted by molar-refractivity contribution is -0.161. The maximum absolute atomic E-state index is 11.7. The zero-order valence-electron chi connectivity index (χ0n) is 8.64. The van der Waals surface area contributed by atoms with Gasteiger partial charge >= 0.3 is 5.97 Å². The van der Waals surface area contributed by atoms with E-state index in [9.17, 15) is 4.79 Å². The van der Waals surface area contributed by atoms with Crippen LogP contribution < -0.4 is 0 Å². The van der Waals surface area contributed by atoms with Gasteiger partial charge in [-0.25, -0.2) is 0 Å². The molecule has 80 valence electrons. The molecule has 3 aliphatic carbocycles. The van der Waals surface area contributed by atoms with Crippen LogP contribution in [-0.4, -0.2) is 17.5 Å². The van der Waals surface area contributed by atoms with Gasteiger partial charge in [-0.3, -0.25) is 4.79 Å². The molecular formula is C11H17IO2. The predicted octanol–water partition coefficient (Wildman–Crippen LogP) is 2.94. The van der Waals surface area contributed by atoms with E-state index in [1.807, 2.05) is 0 Å². The van der Waals surface area contributed by atoms with Crippen LogP contribution in [0.1, 0.15) is 38.5 Å². The largest absolute Gasteiger partial charge is 0.469 e. The number of hydrogen-bond donors (Lipinski definition) is 0. The van der Waals surface area contributed by atoms with Gasteiger partial charge < -0.3 is 4.74 Å². The number of halogens is 1. The normalized spacial score (nSPS) is 41.0. The Labute approximate surface area is 98.9 Å². The summed E-state index contributed by atoms with van der Waals surface area (Å²) in [6.07, 6.45) is 6.86. The first-order valence-corrected chi connectivity index (χ1v) is 6.83. The van der Waals surface area contributed by atoms with Gasteiger partial charge in [0.2, 0.25) is 0 Å². The number of carbonyl (C=O) groups excluding carboxylic acids is 1. The molecule has 2 nitrogen and oxygen atoms in total. The second kappa shape index (κ2) is 3.65. The number of esters is 1. The zero-order chi connectivity index (χ0) is 10.2. The van der Waals surface area contributed by atoms with Crippen LogP contribution in [0, 0.1) is 10.8 Å². The molecule has 0 amide bonds. The molecule has 0 saturated heterocycles. The number of carbonyl (C=O) groups is 1. The molecule has 0 atom stereocenters. The van der Waals surface area contributed by atoms with Crippen molar-refractivity contribution >= 4 is 28.6 Å². The van der Waals surface area contributed by atoms with E-state index in [4.69, 9.17) is 4.74 Å². The first-order chi connectivity index (χ1) is 6.66. The van der Waals surface area contributed by atoms with Gasteiger partial charge in [0.25, 0.3) is 0 Å². The van der Waals surface area contributed by atoms with E-state index >= 15 is 0 Å². The number of ether oxygens (including phenoxy) is 1. The Kier molecular flexibility index (Phi) is 2.79. The fraction of sp³-hybridized carbons (Fsp3) is 0.909. The van der Waals surface area contributed by atoms with Crippen molar-refractivity contribution in [2.24, 2.45) is 10.8 Å². The van der Waals surface area contributed by atoms with E-state index in [2.05, 4.69) is 22.6 Å². The lowest BCUT2D eigenvalue weighted by atomic mass is 9.54. The van der Waals surface area contributed by atoms with Gasteiger partial charge in [-0.05, 0) is 43.9 Å². The monoisotopic (exact) mass is 308 g/mol. The molecule has 3 saturated carbocycles. The summed E-state index contributed by atoms with van der Waals surface area (Å²) in [7, 11) is 1.52. The van der Waals surface area contributed by atoms with Crippen molar-refractivity contribution in [3.05, 3.63) is 0 Å². The fourth-order valence-electron chi connectivity index (χ4n) is 2.99. The Balaban J connectivity index is 2.12. The molecule has 0 spiro atoms. The van der Waals surface area contributed by atoms with E-state index in [1.165, 1.54) is 30.8 Å². The Morgan fingerprint density at radius 2 is 1.71 bits per heavy atom. The van der Waals surface area contributed by atoms with Crippen molar-refractivity contribution in [3.8, 4) is 0 Å². The summed E-state index contributed by atoms with van der Waals surface area (Å²) in [5, 5.41) is 0. The third kappa shape index (κ3) is 1.48. The minimum absolute atomic E-state index is 0.0410. The maximum Gasteiger partial charge on any atom is 0.311 e. The van der Waals surface area contributed by atoms with Gasteiger partial charge in [0, 0.05) is 4.43 Å². The van der Waals surface area contributed by atoms with Gasteiger partial charge in [-0.1, -0.05) is 22.6 Å². The smallest absolute Gasteiger partial charge is 0.311 e. The molecule has 0 aromatic heterocycles. The third-order valence-corrected chi connectivity index (χ3v) is 5.92. The molecule has 0 aliphatic heterocycles. The average molecular weight is 308 g/mol. The quantitative estimate of drug-likeness (QED) is 0.445. The third-order valence-electron chi connectivity index (χ3n) is 4.30. The molecule has 0 unspecified atom stereocenters. The van der Waals surface area contributed by atoms with Crippen molar-refractivity contribution in [2.45, 2.75) is 38.5 Å². The highest BCUT2D eigenvalue weighted by molar-refractivity contribution is 14.1. The number of fused-ring (bicyclic) bond motifs is 3. The van der Waals surface area contributed by atoms with Crippen molar-refractivity contribution in [1.29, 1.82) is 0 Å². The average Bonchev–Trinajstić information content (AvgIpc) is 2.30. The van der Waals surface area contributed by atoms with Crippen LogP contribution >= 0.6 is 22.6 Å². The van der Waals surface area contributed by atoms with Crippen molar-refractivity contribution in [1.82, 2.24) is 0 Å². The predicted molar refractivity (Wildman–Crippen MR) is 63.5 cm³/mol. The van der Waals surface area contributed by atoms with E-state index in [1.54, 1.807) is 0 Å². The van der Waals surface area contributed by atoms with Gasteiger partial charge in [0.05, 0.1) is 12.5 Å². The number of rotatable bonds is 2. The van der Waals surface area contributed by atoms with Crippen molar-refractivity contribution in [3.63, 3.8) is 0 Å². The molecule has 0 radical (unpaired) electrons. The molecule has 0 N–H and O–H groups in total. The maximum atomic E-state index is 11.7. The van der Waals surface area contributed by atoms with E-state index in [0.717, 1.165) is 19.3 Å². The highest BCUT2D eigenvalue weighted by atomic mass is 127. The molecule has 0 aromatic carbocycles. The van der Waals surface area contributed by atoms with Crippen LogP contribution in [-0.2, 0) is 9.53 Å². The molecular weight excluding hydrogens is 291 g/mol. The number of alkyl halides is 1. The van der Waals surface area contributed by atoms with Crippen LogP contribution in [0.25, 0.3) is 0 Å². The number of methoxy groups -OCH3 is 1. The molecule has 3 aliphatic rings. The van der Waals surface area contributed by atoms with Crippen LogP contribution in [0.4, 0.5) is 0 Å². The molecule has 0 heterocycles. The summed E-state index contributed by atoms with van der Waals surface area (Å²) in [6.45, 7) is 0. The van der Waals surface area contributed by atoms with Crippen LogP contribution in [0.3, 0.4) is 0 Å². The highest BCUT2D eigenvalue weighted by Gasteiger charge is 2.52. The SMILES string of the molecule is COC(=O)C12CCC(CI)(CC1)CC2. The summed E-state index contributed by atoms with van der Waals surface area (Å²) >= 11 is 2.50. The van der Waals surface area contributed by atoms with Crippen LogP contribution in [0.5, 0.6) is 0 Å². The van der Waals surface area contributed by atoms with Gasteiger partial charge in [-0.2, -0.15) is 0 Å². The Morgan fingerprint density at radius 3 is 2.07 bits per heavy atom. The summed E-state index contributed by atoms with van der Waals surface area (Å²) in [5.74, 6) is 0.0410. The van der Waals surface area contributed by atoms with Crippen LogP contribution in [0.2, 0.25) is 0 Å². The lowest BCUT2D eigenvalue weighted by Crippen LogP contribution is -2.47.